The van der Waals surface area contributed by atoms with E-state index in [2.05, 4.69) is 5.32 Å². The smallest absolute Gasteiger partial charge is 0.254 e. The van der Waals surface area contributed by atoms with Gasteiger partial charge in [0, 0.05) is 5.69 Å². The van der Waals surface area contributed by atoms with Crippen LogP contribution in [0.15, 0.2) is 18.2 Å². The number of hydrogen-bond acceptors (Lipinski definition) is 3. The van der Waals surface area contributed by atoms with Crippen molar-refractivity contribution >= 4 is 11.6 Å². The number of anilines is 1. The molecule has 1 fully saturated rings. The Hall–Kier alpha value is -1.62. The lowest BCUT2D eigenvalue weighted by atomic mass is 10.1. The molecule has 4 N–H and O–H groups in total. The summed E-state index contributed by atoms with van der Waals surface area (Å²) in [5, 5.41) is 12.6. The van der Waals surface area contributed by atoms with Crippen LogP contribution in [-0.4, -0.2) is 23.2 Å². The lowest BCUT2D eigenvalue weighted by Gasteiger charge is -2.21. The SMILES string of the molecule is Nc1ccc(F)c(C(=O)NC2CCCCCC2O)c1. The number of carbonyl (C=O) groups excluding carboxylic acids is 1. The van der Waals surface area contributed by atoms with Crippen molar-refractivity contribution in [2.24, 2.45) is 0 Å². The van der Waals surface area contributed by atoms with E-state index >= 15 is 0 Å². The average molecular weight is 266 g/mol. The first kappa shape index (κ1) is 13.8. The van der Waals surface area contributed by atoms with Crippen LogP contribution < -0.4 is 11.1 Å². The van der Waals surface area contributed by atoms with Gasteiger partial charge in [-0.05, 0) is 31.0 Å². The van der Waals surface area contributed by atoms with E-state index in [1.165, 1.54) is 18.2 Å². The first-order valence-electron chi connectivity index (χ1n) is 6.62. The van der Waals surface area contributed by atoms with Crippen molar-refractivity contribution in [3.63, 3.8) is 0 Å². The summed E-state index contributed by atoms with van der Waals surface area (Å²) in [4.78, 5) is 12.0. The average Bonchev–Trinajstić information content (AvgIpc) is 2.58. The van der Waals surface area contributed by atoms with Crippen LogP contribution in [-0.2, 0) is 0 Å². The first-order chi connectivity index (χ1) is 9.08. The summed E-state index contributed by atoms with van der Waals surface area (Å²) in [6.07, 6.45) is 3.80. The molecule has 2 atom stereocenters. The van der Waals surface area contributed by atoms with Crippen molar-refractivity contribution in [2.45, 2.75) is 44.2 Å². The molecular formula is C14H19FN2O2. The van der Waals surface area contributed by atoms with Crippen molar-refractivity contribution in [3.05, 3.63) is 29.6 Å². The third-order valence-electron chi connectivity index (χ3n) is 3.53. The summed E-state index contributed by atoms with van der Waals surface area (Å²) in [5.41, 5.74) is 5.82. The van der Waals surface area contributed by atoms with Crippen LogP contribution in [0.3, 0.4) is 0 Å². The van der Waals surface area contributed by atoms with Crippen molar-refractivity contribution in [2.75, 3.05) is 5.73 Å². The standard InChI is InChI=1S/C14H19FN2O2/c15-11-7-6-9(16)8-10(11)14(19)17-12-4-2-1-3-5-13(12)18/h6-8,12-13,18H,1-5,16H2,(H,17,19). The van der Waals surface area contributed by atoms with E-state index in [0.29, 0.717) is 12.1 Å². The molecule has 1 aromatic carbocycles. The van der Waals surface area contributed by atoms with Gasteiger partial charge in [0.1, 0.15) is 5.82 Å². The number of halogens is 1. The normalized spacial score (nSPS) is 23.7. The molecule has 0 radical (unpaired) electrons. The molecule has 1 saturated carbocycles. The highest BCUT2D eigenvalue weighted by atomic mass is 19.1. The summed E-state index contributed by atoms with van der Waals surface area (Å²) in [6, 6.07) is 3.59. The molecule has 1 aliphatic rings. The molecule has 104 valence electrons. The van der Waals surface area contributed by atoms with Gasteiger partial charge in [-0.15, -0.1) is 0 Å². The summed E-state index contributed by atoms with van der Waals surface area (Å²) >= 11 is 0. The zero-order valence-corrected chi connectivity index (χ0v) is 10.7. The highest BCUT2D eigenvalue weighted by molar-refractivity contribution is 5.95. The predicted molar refractivity (Wildman–Crippen MR) is 71.2 cm³/mol. The summed E-state index contributed by atoms with van der Waals surface area (Å²) in [6.45, 7) is 0. The van der Waals surface area contributed by atoms with Crippen molar-refractivity contribution in [1.82, 2.24) is 5.32 Å². The fraction of sp³-hybridized carbons (Fsp3) is 0.500. The van der Waals surface area contributed by atoms with Gasteiger partial charge in [-0.3, -0.25) is 4.79 Å². The number of aliphatic hydroxyl groups is 1. The van der Waals surface area contributed by atoms with E-state index in [0.717, 1.165) is 25.7 Å². The maximum atomic E-state index is 13.6. The highest BCUT2D eigenvalue weighted by Crippen LogP contribution is 2.19. The van der Waals surface area contributed by atoms with Crippen LogP contribution in [0.4, 0.5) is 10.1 Å². The van der Waals surface area contributed by atoms with Gasteiger partial charge in [0.15, 0.2) is 0 Å². The molecule has 0 saturated heterocycles. The van der Waals surface area contributed by atoms with Crippen molar-refractivity contribution in [1.29, 1.82) is 0 Å². The van der Waals surface area contributed by atoms with Crippen LogP contribution >= 0.6 is 0 Å². The second kappa shape index (κ2) is 6.02. The molecule has 0 heterocycles. The van der Waals surface area contributed by atoms with Gasteiger partial charge in [0.2, 0.25) is 0 Å². The van der Waals surface area contributed by atoms with E-state index in [9.17, 15) is 14.3 Å². The maximum Gasteiger partial charge on any atom is 0.254 e. The number of rotatable bonds is 2. The molecule has 5 heteroatoms. The van der Waals surface area contributed by atoms with E-state index < -0.39 is 17.8 Å². The molecule has 0 bridgehead atoms. The second-order valence-electron chi connectivity index (χ2n) is 5.02. The molecule has 0 aliphatic heterocycles. The maximum absolute atomic E-state index is 13.6. The minimum absolute atomic E-state index is 0.0727. The van der Waals surface area contributed by atoms with Gasteiger partial charge >= 0.3 is 0 Å². The van der Waals surface area contributed by atoms with Gasteiger partial charge in [-0.25, -0.2) is 4.39 Å². The molecular weight excluding hydrogens is 247 g/mol. The first-order valence-corrected chi connectivity index (χ1v) is 6.62. The van der Waals surface area contributed by atoms with Gasteiger partial charge in [-0.1, -0.05) is 19.3 Å². The van der Waals surface area contributed by atoms with Crippen LogP contribution in [0, 0.1) is 5.82 Å². The Balaban J connectivity index is 2.09. The number of benzene rings is 1. The number of aliphatic hydroxyl groups excluding tert-OH is 1. The zero-order chi connectivity index (χ0) is 13.8. The van der Waals surface area contributed by atoms with Gasteiger partial charge < -0.3 is 16.2 Å². The van der Waals surface area contributed by atoms with E-state index in [1.54, 1.807) is 0 Å². The third-order valence-corrected chi connectivity index (χ3v) is 3.53. The van der Waals surface area contributed by atoms with Gasteiger partial charge in [0.05, 0.1) is 17.7 Å². The molecule has 0 aromatic heterocycles. The molecule has 19 heavy (non-hydrogen) atoms. The van der Waals surface area contributed by atoms with Crippen LogP contribution in [0.2, 0.25) is 0 Å². The highest BCUT2D eigenvalue weighted by Gasteiger charge is 2.24. The Kier molecular flexibility index (Phi) is 4.37. The molecule has 0 spiro atoms. The molecule has 2 rings (SSSR count). The molecule has 1 aromatic rings. The summed E-state index contributed by atoms with van der Waals surface area (Å²) < 4.78 is 13.6. The predicted octanol–water partition coefficient (Wildman–Crippen LogP) is 1.83. The number of amides is 1. The molecule has 4 nitrogen and oxygen atoms in total. The fourth-order valence-electron chi connectivity index (χ4n) is 2.42. The fourth-order valence-corrected chi connectivity index (χ4v) is 2.42. The number of nitrogen functional groups attached to an aromatic ring is 1. The number of nitrogens with two attached hydrogens (primary N) is 1. The largest absolute Gasteiger partial charge is 0.399 e. The van der Waals surface area contributed by atoms with Gasteiger partial charge in [-0.2, -0.15) is 0 Å². The quantitative estimate of drug-likeness (QED) is 0.564. The lowest BCUT2D eigenvalue weighted by molar-refractivity contribution is 0.0815. The van der Waals surface area contributed by atoms with Gasteiger partial charge in [0.25, 0.3) is 5.91 Å². The van der Waals surface area contributed by atoms with Crippen molar-refractivity contribution < 1.29 is 14.3 Å². The summed E-state index contributed by atoms with van der Waals surface area (Å²) in [5.74, 6) is -1.12. The minimum Gasteiger partial charge on any atom is -0.399 e. The van der Waals surface area contributed by atoms with E-state index in [4.69, 9.17) is 5.73 Å². The van der Waals surface area contributed by atoms with Crippen molar-refractivity contribution in [3.8, 4) is 0 Å². The lowest BCUT2D eigenvalue weighted by Crippen LogP contribution is -2.42. The molecule has 1 aliphatic carbocycles. The number of carbonyl (C=O) groups is 1. The third kappa shape index (κ3) is 3.44. The summed E-state index contributed by atoms with van der Waals surface area (Å²) in [7, 11) is 0. The molecule has 2 unspecified atom stereocenters. The Bertz CT molecular complexity index is 465. The minimum atomic E-state index is -0.602. The number of nitrogens with one attached hydrogen (secondary N) is 1. The van der Waals surface area contributed by atoms with Crippen LogP contribution in [0.1, 0.15) is 42.5 Å². The Morgan fingerprint density at radius 1 is 1.32 bits per heavy atom. The second-order valence-corrected chi connectivity index (χ2v) is 5.02. The van der Waals surface area contributed by atoms with Crippen LogP contribution in [0.25, 0.3) is 0 Å². The van der Waals surface area contributed by atoms with E-state index in [-0.39, 0.29) is 11.6 Å². The topological polar surface area (TPSA) is 75.4 Å². The monoisotopic (exact) mass is 266 g/mol. The van der Waals surface area contributed by atoms with Crippen LogP contribution in [0.5, 0.6) is 0 Å². The Morgan fingerprint density at radius 3 is 2.84 bits per heavy atom. The number of hydrogen-bond donors (Lipinski definition) is 3. The Labute approximate surface area is 111 Å². The molecule has 1 amide bonds. The Morgan fingerprint density at radius 2 is 2.05 bits per heavy atom. The zero-order valence-electron chi connectivity index (χ0n) is 10.7. The van der Waals surface area contributed by atoms with E-state index in [1.807, 2.05) is 0 Å².